The van der Waals surface area contributed by atoms with Crippen LogP contribution in [0, 0.1) is 0 Å². The van der Waals surface area contributed by atoms with E-state index in [2.05, 4.69) is 0 Å². The Labute approximate surface area is 104 Å². The molecule has 1 unspecified atom stereocenters. The summed E-state index contributed by atoms with van der Waals surface area (Å²) in [5, 5.41) is 0.841. The van der Waals surface area contributed by atoms with Gasteiger partial charge < -0.3 is 9.64 Å². The van der Waals surface area contributed by atoms with E-state index in [9.17, 15) is 4.79 Å². The van der Waals surface area contributed by atoms with Crippen LogP contribution in [0.2, 0.25) is 10.0 Å². The highest BCUT2D eigenvalue weighted by atomic mass is 35.5. The fraction of sp³-hybridized carbons (Fsp3) is 0.364. The Morgan fingerprint density at radius 1 is 1.38 bits per heavy atom. The number of halogens is 2. The molecule has 3 nitrogen and oxygen atoms in total. The van der Waals surface area contributed by atoms with Gasteiger partial charge in [-0.15, -0.1) is 0 Å². The summed E-state index contributed by atoms with van der Waals surface area (Å²) >= 11 is 11.8. The summed E-state index contributed by atoms with van der Waals surface area (Å²) < 4.78 is 5.63. The van der Waals surface area contributed by atoms with Crippen molar-refractivity contribution >= 4 is 34.8 Å². The van der Waals surface area contributed by atoms with Crippen molar-refractivity contribution in [1.29, 1.82) is 0 Å². The zero-order valence-electron chi connectivity index (χ0n) is 8.96. The zero-order valence-corrected chi connectivity index (χ0v) is 10.5. The first kappa shape index (κ1) is 11.6. The van der Waals surface area contributed by atoms with E-state index in [4.69, 9.17) is 27.9 Å². The second-order valence-corrected chi connectivity index (χ2v) is 4.63. The van der Waals surface area contributed by atoms with Gasteiger partial charge in [0.15, 0.2) is 0 Å². The predicted octanol–water partition coefficient (Wildman–Crippen LogP) is 3.13. The van der Waals surface area contributed by atoms with Crippen molar-refractivity contribution in [3.63, 3.8) is 0 Å². The Morgan fingerprint density at radius 3 is 2.69 bits per heavy atom. The quantitative estimate of drug-likeness (QED) is 0.717. The third kappa shape index (κ3) is 1.97. The van der Waals surface area contributed by atoms with Crippen LogP contribution in [-0.2, 0) is 4.79 Å². The van der Waals surface area contributed by atoms with Crippen LogP contribution in [0.5, 0.6) is 5.75 Å². The van der Waals surface area contributed by atoms with Gasteiger partial charge in [-0.1, -0.05) is 23.2 Å². The van der Waals surface area contributed by atoms with Gasteiger partial charge in [0.25, 0.3) is 0 Å². The van der Waals surface area contributed by atoms with Crippen LogP contribution >= 0.6 is 23.2 Å². The normalized spacial score (nSPS) is 20.1. The highest BCUT2D eigenvalue weighted by molar-refractivity contribution is 6.42. The number of benzene rings is 1. The topological polar surface area (TPSA) is 29.5 Å². The van der Waals surface area contributed by atoms with Crippen LogP contribution in [-0.4, -0.2) is 19.1 Å². The van der Waals surface area contributed by atoms with Crippen molar-refractivity contribution in [2.75, 3.05) is 11.9 Å². The zero-order chi connectivity index (χ0) is 11.9. The lowest BCUT2D eigenvalue weighted by Gasteiger charge is -2.16. The fourth-order valence-corrected chi connectivity index (χ4v) is 1.96. The lowest BCUT2D eigenvalue weighted by Crippen LogP contribution is -2.27. The number of fused-ring (bicyclic) bond motifs is 1. The van der Waals surface area contributed by atoms with Gasteiger partial charge >= 0.3 is 0 Å². The monoisotopic (exact) mass is 259 g/mol. The number of carbonyl (C=O) groups excluding carboxylic acids is 1. The summed E-state index contributed by atoms with van der Waals surface area (Å²) in [6.07, 6.45) is 0.189. The molecule has 1 aromatic carbocycles. The Balaban J connectivity index is 2.55. The fourth-order valence-electron chi connectivity index (χ4n) is 1.65. The smallest absolute Gasteiger partial charge is 0.230 e. The molecule has 0 aromatic heterocycles. The molecular formula is C11H11Cl2NO2. The number of ether oxygens (including phenoxy) is 1. The van der Waals surface area contributed by atoms with Gasteiger partial charge in [-0.2, -0.15) is 0 Å². The van der Waals surface area contributed by atoms with E-state index in [1.165, 1.54) is 0 Å². The maximum atomic E-state index is 11.8. The summed E-state index contributed by atoms with van der Waals surface area (Å²) in [7, 11) is 1.70. The molecule has 1 aliphatic heterocycles. The summed E-state index contributed by atoms with van der Waals surface area (Å²) in [4.78, 5) is 13.3. The lowest BCUT2D eigenvalue weighted by molar-refractivity contribution is -0.119. The van der Waals surface area contributed by atoms with Crippen molar-refractivity contribution < 1.29 is 9.53 Å². The Morgan fingerprint density at radius 2 is 2.00 bits per heavy atom. The first-order valence-electron chi connectivity index (χ1n) is 4.91. The molecule has 0 spiro atoms. The number of anilines is 1. The predicted molar refractivity (Wildman–Crippen MR) is 64.6 cm³/mol. The maximum Gasteiger partial charge on any atom is 0.230 e. The van der Waals surface area contributed by atoms with Gasteiger partial charge in [-0.05, 0) is 13.0 Å². The number of amides is 1. The lowest BCUT2D eigenvalue weighted by atomic mass is 10.2. The van der Waals surface area contributed by atoms with Crippen LogP contribution < -0.4 is 9.64 Å². The molecule has 1 atom stereocenters. The van der Waals surface area contributed by atoms with Crippen LogP contribution in [0.25, 0.3) is 0 Å². The van der Waals surface area contributed by atoms with Crippen molar-refractivity contribution in [2.24, 2.45) is 0 Å². The molecule has 1 heterocycles. The van der Waals surface area contributed by atoms with Gasteiger partial charge in [0, 0.05) is 13.1 Å². The minimum Gasteiger partial charge on any atom is -0.488 e. The number of carbonyl (C=O) groups is 1. The van der Waals surface area contributed by atoms with Crippen molar-refractivity contribution in [3.8, 4) is 5.75 Å². The summed E-state index contributed by atoms with van der Waals surface area (Å²) in [6, 6.07) is 3.29. The van der Waals surface area contributed by atoms with E-state index in [1.807, 2.05) is 6.92 Å². The third-order valence-electron chi connectivity index (χ3n) is 2.53. The van der Waals surface area contributed by atoms with Crippen LogP contribution in [0.1, 0.15) is 13.3 Å². The molecule has 2 rings (SSSR count). The molecule has 86 valence electrons. The van der Waals surface area contributed by atoms with Crippen molar-refractivity contribution in [2.45, 2.75) is 19.4 Å². The minimum atomic E-state index is -0.159. The molecule has 1 amide bonds. The average molecular weight is 260 g/mol. The first-order valence-corrected chi connectivity index (χ1v) is 5.67. The van der Waals surface area contributed by atoms with E-state index in [1.54, 1.807) is 24.1 Å². The van der Waals surface area contributed by atoms with Gasteiger partial charge in [-0.25, -0.2) is 0 Å². The molecule has 0 aliphatic carbocycles. The van der Waals surface area contributed by atoms with E-state index < -0.39 is 0 Å². The molecule has 0 saturated heterocycles. The van der Waals surface area contributed by atoms with Gasteiger partial charge in [0.05, 0.1) is 22.2 Å². The molecule has 0 saturated carbocycles. The van der Waals surface area contributed by atoms with E-state index >= 15 is 0 Å². The van der Waals surface area contributed by atoms with Crippen molar-refractivity contribution in [3.05, 3.63) is 22.2 Å². The first-order chi connectivity index (χ1) is 7.49. The van der Waals surface area contributed by atoms with Crippen LogP contribution in [0.15, 0.2) is 12.1 Å². The minimum absolute atomic E-state index is 0.00430. The number of hydrogen-bond acceptors (Lipinski definition) is 2. The highest BCUT2D eigenvalue weighted by Crippen LogP contribution is 2.38. The molecule has 0 bridgehead atoms. The average Bonchev–Trinajstić information content (AvgIpc) is 2.29. The number of nitrogens with zero attached hydrogens (tertiary/aromatic N) is 1. The molecule has 0 N–H and O–H groups in total. The van der Waals surface area contributed by atoms with Crippen molar-refractivity contribution in [1.82, 2.24) is 0 Å². The summed E-state index contributed by atoms with van der Waals surface area (Å²) in [6.45, 7) is 1.85. The second-order valence-electron chi connectivity index (χ2n) is 3.82. The van der Waals surface area contributed by atoms with E-state index in [-0.39, 0.29) is 12.0 Å². The van der Waals surface area contributed by atoms with E-state index in [0.29, 0.717) is 27.9 Å². The molecule has 16 heavy (non-hydrogen) atoms. The maximum absolute atomic E-state index is 11.8. The molecular weight excluding hydrogens is 249 g/mol. The molecule has 0 fully saturated rings. The molecule has 0 radical (unpaired) electrons. The Hall–Kier alpha value is -0.930. The second kappa shape index (κ2) is 4.15. The van der Waals surface area contributed by atoms with Crippen LogP contribution in [0.3, 0.4) is 0 Å². The summed E-state index contributed by atoms with van der Waals surface area (Å²) in [5.74, 6) is 0.597. The Kier molecular flexibility index (Phi) is 3.00. The third-order valence-corrected chi connectivity index (χ3v) is 3.25. The Bertz CT molecular complexity index is 448. The summed E-state index contributed by atoms with van der Waals surface area (Å²) in [5.41, 5.74) is 0.656. The standard InChI is InChI=1S/C11H11Cl2NO2/c1-6-3-11(15)14(2)9-4-7(12)8(13)5-10(9)16-6/h4-6H,3H2,1-2H3. The van der Waals surface area contributed by atoms with Gasteiger partial charge in [0.1, 0.15) is 11.9 Å². The van der Waals surface area contributed by atoms with Crippen LogP contribution in [0.4, 0.5) is 5.69 Å². The van der Waals surface area contributed by atoms with Gasteiger partial charge in [-0.3, -0.25) is 4.79 Å². The molecule has 1 aromatic rings. The number of hydrogen-bond donors (Lipinski definition) is 0. The molecule has 1 aliphatic rings. The van der Waals surface area contributed by atoms with E-state index in [0.717, 1.165) is 0 Å². The number of rotatable bonds is 0. The largest absolute Gasteiger partial charge is 0.488 e. The SMILES string of the molecule is CC1CC(=O)N(C)c2cc(Cl)c(Cl)cc2O1. The molecule has 5 heteroatoms. The van der Waals surface area contributed by atoms with Gasteiger partial charge in [0.2, 0.25) is 5.91 Å². The highest BCUT2D eigenvalue weighted by Gasteiger charge is 2.25.